The Kier molecular flexibility index (Phi) is 5.43. The third-order valence-corrected chi connectivity index (χ3v) is 4.60. The van der Waals surface area contributed by atoms with Crippen molar-refractivity contribution < 1.29 is 9.47 Å². The third kappa shape index (κ3) is 3.86. The van der Waals surface area contributed by atoms with Crippen LogP contribution < -0.4 is 15.0 Å². The van der Waals surface area contributed by atoms with E-state index in [1.54, 1.807) is 38.5 Å². The summed E-state index contributed by atoms with van der Waals surface area (Å²) in [4.78, 5) is 13.1. The number of para-hydroxylation sites is 1. The minimum atomic E-state index is -0.288. The second-order valence-electron chi connectivity index (χ2n) is 6.44. The molecule has 1 N–H and O–H groups in total. The van der Waals surface area contributed by atoms with Crippen molar-refractivity contribution in [2.24, 2.45) is 10.2 Å². The molecule has 0 amide bonds. The average Bonchev–Trinajstić information content (AvgIpc) is 3.14. The molecule has 0 atom stereocenters. The van der Waals surface area contributed by atoms with Crippen molar-refractivity contribution in [2.75, 3.05) is 14.2 Å². The lowest BCUT2D eigenvalue weighted by atomic mass is 10.1. The standard InChI is InChI=1S/C23H20N4O3/c1-29-19-12-8-16(9-13-19)21-22(25-24-17-10-14-20(30-2)15-11-17)23(28)27(26-21)18-6-4-3-5-7-18/h3-15,26H,1-2H3. The van der Waals surface area contributed by atoms with Crippen molar-refractivity contribution >= 4 is 11.4 Å². The van der Waals surface area contributed by atoms with Crippen molar-refractivity contribution in [3.05, 3.63) is 89.2 Å². The van der Waals surface area contributed by atoms with E-state index in [4.69, 9.17) is 9.47 Å². The number of hydrogen-bond donors (Lipinski definition) is 1. The van der Waals surface area contributed by atoms with Gasteiger partial charge in [0.05, 0.1) is 31.3 Å². The molecule has 150 valence electrons. The highest BCUT2D eigenvalue weighted by Gasteiger charge is 2.17. The molecule has 0 aliphatic rings. The number of ether oxygens (including phenoxy) is 2. The van der Waals surface area contributed by atoms with Crippen LogP contribution in [-0.2, 0) is 0 Å². The number of nitrogens with one attached hydrogen (secondary N) is 1. The molecule has 0 aliphatic carbocycles. The molecule has 3 aromatic carbocycles. The zero-order chi connectivity index (χ0) is 20.9. The molecule has 0 radical (unpaired) electrons. The second kappa shape index (κ2) is 8.48. The molecule has 4 rings (SSSR count). The highest BCUT2D eigenvalue weighted by atomic mass is 16.5. The van der Waals surface area contributed by atoms with Crippen LogP contribution in [0.3, 0.4) is 0 Å². The first-order chi connectivity index (χ1) is 14.7. The summed E-state index contributed by atoms with van der Waals surface area (Å²) in [6.45, 7) is 0. The van der Waals surface area contributed by atoms with E-state index in [2.05, 4.69) is 15.3 Å². The first-order valence-electron chi connectivity index (χ1n) is 9.30. The molecular formula is C23H20N4O3. The molecule has 0 unspecified atom stereocenters. The highest BCUT2D eigenvalue weighted by Crippen LogP contribution is 2.29. The van der Waals surface area contributed by atoms with E-state index >= 15 is 0 Å². The van der Waals surface area contributed by atoms with Crippen LogP contribution in [0.4, 0.5) is 11.4 Å². The predicted octanol–water partition coefficient (Wildman–Crippen LogP) is 5.27. The van der Waals surface area contributed by atoms with Gasteiger partial charge in [0.1, 0.15) is 11.5 Å². The number of rotatable bonds is 6. The maximum absolute atomic E-state index is 13.1. The van der Waals surface area contributed by atoms with Crippen LogP contribution in [-0.4, -0.2) is 24.0 Å². The summed E-state index contributed by atoms with van der Waals surface area (Å²) in [5.41, 5.74) is 2.63. The van der Waals surface area contributed by atoms with Gasteiger partial charge in [0.25, 0.3) is 5.56 Å². The normalized spacial score (nSPS) is 11.0. The van der Waals surface area contributed by atoms with Gasteiger partial charge in [0.15, 0.2) is 5.69 Å². The molecule has 30 heavy (non-hydrogen) atoms. The third-order valence-electron chi connectivity index (χ3n) is 4.60. The van der Waals surface area contributed by atoms with E-state index in [-0.39, 0.29) is 11.2 Å². The Morgan fingerprint density at radius 1 is 0.767 bits per heavy atom. The Balaban J connectivity index is 1.80. The van der Waals surface area contributed by atoms with Gasteiger partial charge in [0.2, 0.25) is 0 Å². The predicted molar refractivity (Wildman–Crippen MR) is 116 cm³/mol. The summed E-state index contributed by atoms with van der Waals surface area (Å²) >= 11 is 0. The van der Waals surface area contributed by atoms with Crippen LogP contribution in [0.15, 0.2) is 93.9 Å². The largest absolute Gasteiger partial charge is 0.497 e. The summed E-state index contributed by atoms with van der Waals surface area (Å²) in [5, 5.41) is 11.7. The lowest BCUT2D eigenvalue weighted by Crippen LogP contribution is -2.13. The maximum atomic E-state index is 13.1. The van der Waals surface area contributed by atoms with Crippen LogP contribution in [0, 0.1) is 0 Å². The van der Waals surface area contributed by atoms with Crippen LogP contribution >= 0.6 is 0 Å². The quantitative estimate of drug-likeness (QED) is 0.448. The SMILES string of the molecule is COc1ccc(N=Nc2c(-c3ccc(OC)cc3)[nH]n(-c3ccccc3)c2=O)cc1. The minimum Gasteiger partial charge on any atom is -0.497 e. The number of hydrogen-bond acceptors (Lipinski definition) is 5. The molecule has 0 fully saturated rings. The summed E-state index contributed by atoms with van der Waals surface area (Å²) in [6, 6.07) is 23.9. The topological polar surface area (TPSA) is 81.0 Å². The fourth-order valence-corrected chi connectivity index (χ4v) is 3.00. The summed E-state index contributed by atoms with van der Waals surface area (Å²) in [7, 11) is 3.21. The molecule has 0 saturated carbocycles. The average molecular weight is 400 g/mol. The molecule has 0 aliphatic heterocycles. The molecule has 7 nitrogen and oxygen atoms in total. The number of methoxy groups -OCH3 is 2. The van der Waals surface area contributed by atoms with Crippen molar-refractivity contribution in [1.29, 1.82) is 0 Å². The van der Waals surface area contributed by atoms with Crippen molar-refractivity contribution in [2.45, 2.75) is 0 Å². The highest BCUT2D eigenvalue weighted by molar-refractivity contribution is 5.72. The number of nitrogens with zero attached hydrogens (tertiary/aromatic N) is 3. The number of azo groups is 1. The van der Waals surface area contributed by atoms with Crippen LogP contribution in [0.25, 0.3) is 16.9 Å². The van der Waals surface area contributed by atoms with E-state index in [1.807, 2.05) is 54.6 Å². The summed E-state index contributed by atoms with van der Waals surface area (Å²) < 4.78 is 11.8. The lowest BCUT2D eigenvalue weighted by Gasteiger charge is -2.03. The van der Waals surface area contributed by atoms with Crippen LogP contribution in [0.5, 0.6) is 11.5 Å². The first kappa shape index (κ1) is 19.2. The Labute approximate surface area is 173 Å². The smallest absolute Gasteiger partial charge is 0.299 e. The number of benzene rings is 3. The minimum absolute atomic E-state index is 0.222. The molecule has 7 heteroatoms. The van der Waals surface area contributed by atoms with E-state index in [9.17, 15) is 4.79 Å². The second-order valence-corrected chi connectivity index (χ2v) is 6.44. The zero-order valence-electron chi connectivity index (χ0n) is 16.6. The lowest BCUT2D eigenvalue weighted by molar-refractivity contribution is 0.414. The van der Waals surface area contributed by atoms with E-state index in [0.717, 1.165) is 17.1 Å². The van der Waals surface area contributed by atoms with E-state index in [0.29, 0.717) is 17.1 Å². The molecule has 0 bridgehead atoms. The van der Waals surface area contributed by atoms with Gasteiger partial charge in [-0.05, 0) is 60.7 Å². The van der Waals surface area contributed by atoms with Crippen molar-refractivity contribution in [3.63, 3.8) is 0 Å². The van der Waals surface area contributed by atoms with Crippen molar-refractivity contribution in [3.8, 4) is 28.4 Å². The number of H-pyrrole nitrogens is 1. The monoisotopic (exact) mass is 400 g/mol. The summed E-state index contributed by atoms with van der Waals surface area (Å²) in [6.07, 6.45) is 0. The van der Waals surface area contributed by atoms with Gasteiger partial charge < -0.3 is 9.47 Å². The first-order valence-corrected chi connectivity index (χ1v) is 9.30. The Morgan fingerprint density at radius 2 is 1.37 bits per heavy atom. The van der Waals surface area contributed by atoms with Gasteiger partial charge in [-0.1, -0.05) is 18.2 Å². The Bertz CT molecular complexity index is 1210. The van der Waals surface area contributed by atoms with Gasteiger partial charge in [-0.15, -0.1) is 5.11 Å². The zero-order valence-corrected chi connectivity index (χ0v) is 16.6. The number of aromatic amines is 1. The van der Waals surface area contributed by atoms with Gasteiger partial charge in [-0.3, -0.25) is 9.89 Å². The number of aromatic nitrogens is 2. The molecule has 1 aromatic heterocycles. The Morgan fingerprint density at radius 3 is 1.97 bits per heavy atom. The molecular weight excluding hydrogens is 380 g/mol. The van der Waals surface area contributed by atoms with Crippen molar-refractivity contribution in [1.82, 2.24) is 9.78 Å². The van der Waals surface area contributed by atoms with Gasteiger partial charge >= 0.3 is 0 Å². The van der Waals surface area contributed by atoms with Crippen LogP contribution in [0.1, 0.15) is 0 Å². The van der Waals surface area contributed by atoms with Gasteiger partial charge in [-0.25, -0.2) is 4.68 Å². The molecule has 0 spiro atoms. The molecule has 0 saturated heterocycles. The van der Waals surface area contributed by atoms with Gasteiger partial charge in [-0.2, -0.15) is 5.11 Å². The van der Waals surface area contributed by atoms with E-state index in [1.165, 1.54) is 4.68 Å². The maximum Gasteiger partial charge on any atom is 0.299 e. The molecule has 4 aromatic rings. The van der Waals surface area contributed by atoms with E-state index < -0.39 is 0 Å². The van der Waals surface area contributed by atoms with Crippen LogP contribution in [0.2, 0.25) is 0 Å². The van der Waals surface area contributed by atoms with Gasteiger partial charge in [0, 0.05) is 5.56 Å². The summed E-state index contributed by atoms with van der Waals surface area (Å²) in [5.74, 6) is 1.45. The Hall–Kier alpha value is -4.13. The molecule has 1 heterocycles. The fraction of sp³-hybridized carbons (Fsp3) is 0.0870. The fourth-order valence-electron chi connectivity index (χ4n) is 3.00.